The summed E-state index contributed by atoms with van der Waals surface area (Å²) in [5.74, 6) is -0.0759. The Labute approximate surface area is 237 Å². The molecule has 0 spiro atoms. The zero-order valence-corrected chi connectivity index (χ0v) is 25.4. The Morgan fingerprint density at radius 2 is 1.03 bits per heavy atom. The molecule has 0 aromatic heterocycles. The SMILES string of the molecule is CCCCCCCC/C=C/CC/C=C/C(O)C(CO)NC(=O)CCCCCCCCCCCCCCCC. The van der Waals surface area contributed by atoms with Gasteiger partial charge < -0.3 is 15.5 Å². The zero-order chi connectivity index (χ0) is 27.9. The van der Waals surface area contributed by atoms with Crippen molar-refractivity contribution in [3.05, 3.63) is 24.3 Å². The van der Waals surface area contributed by atoms with Gasteiger partial charge in [-0.25, -0.2) is 0 Å². The molecule has 0 saturated heterocycles. The van der Waals surface area contributed by atoms with Crippen molar-refractivity contribution in [3.8, 4) is 0 Å². The van der Waals surface area contributed by atoms with Gasteiger partial charge in [0, 0.05) is 6.42 Å². The highest BCUT2D eigenvalue weighted by atomic mass is 16.3. The number of aliphatic hydroxyl groups is 2. The van der Waals surface area contributed by atoms with Crippen molar-refractivity contribution in [2.24, 2.45) is 0 Å². The maximum atomic E-state index is 12.2. The van der Waals surface area contributed by atoms with Crippen LogP contribution in [0.3, 0.4) is 0 Å². The minimum Gasteiger partial charge on any atom is -0.394 e. The van der Waals surface area contributed by atoms with Gasteiger partial charge in [-0.3, -0.25) is 4.79 Å². The van der Waals surface area contributed by atoms with E-state index in [0.29, 0.717) is 6.42 Å². The third-order valence-corrected chi connectivity index (χ3v) is 7.44. The van der Waals surface area contributed by atoms with Crippen molar-refractivity contribution < 1.29 is 15.0 Å². The van der Waals surface area contributed by atoms with Crippen LogP contribution in [0.5, 0.6) is 0 Å². The first-order valence-corrected chi connectivity index (χ1v) is 16.6. The summed E-state index contributed by atoms with van der Waals surface area (Å²) >= 11 is 0. The largest absolute Gasteiger partial charge is 0.394 e. The van der Waals surface area contributed by atoms with Crippen LogP contribution in [-0.2, 0) is 4.79 Å². The van der Waals surface area contributed by atoms with Gasteiger partial charge >= 0.3 is 0 Å². The molecule has 0 radical (unpaired) electrons. The van der Waals surface area contributed by atoms with Crippen molar-refractivity contribution in [1.29, 1.82) is 0 Å². The molecular formula is C34H65NO3. The fourth-order valence-corrected chi connectivity index (χ4v) is 4.84. The van der Waals surface area contributed by atoms with Crippen LogP contribution in [0, 0.1) is 0 Å². The number of amides is 1. The Balaban J connectivity index is 3.68. The highest BCUT2D eigenvalue weighted by molar-refractivity contribution is 5.76. The molecule has 0 aromatic carbocycles. The number of carbonyl (C=O) groups is 1. The molecular weight excluding hydrogens is 470 g/mol. The predicted octanol–water partition coefficient (Wildman–Crippen LogP) is 9.34. The molecule has 0 aromatic rings. The minimum atomic E-state index is -0.854. The van der Waals surface area contributed by atoms with Gasteiger partial charge in [0.25, 0.3) is 0 Å². The smallest absolute Gasteiger partial charge is 0.220 e. The van der Waals surface area contributed by atoms with Crippen LogP contribution in [0.15, 0.2) is 24.3 Å². The number of rotatable bonds is 29. The highest BCUT2D eigenvalue weighted by Crippen LogP contribution is 2.13. The summed E-state index contributed by atoms with van der Waals surface area (Å²) in [6.07, 6.45) is 36.8. The third kappa shape index (κ3) is 26.5. The highest BCUT2D eigenvalue weighted by Gasteiger charge is 2.17. The van der Waals surface area contributed by atoms with Crippen LogP contribution in [0.4, 0.5) is 0 Å². The lowest BCUT2D eigenvalue weighted by atomic mass is 10.0. The van der Waals surface area contributed by atoms with E-state index < -0.39 is 12.1 Å². The molecule has 0 aliphatic heterocycles. The first-order valence-electron chi connectivity index (χ1n) is 16.6. The molecule has 3 N–H and O–H groups in total. The predicted molar refractivity (Wildman–Crippen MR) is 165 cm³/mol. The molecule has 0 rings (SSSR count). The van der Waals surface area contributed by atoms with Crippen LogP contribution in [0.25, 0.3) is 0 Å². The molecule has 4 nitrogen and oxygen atoms in total. The fourth-order valence-electron chi connectivity index (χ4n) is 4.84. The van der Waals surface area contributed by atoms with E-state index in [0.717, 1.165) is 32.1 Å². The van der Waals surface area contributed by atoms with E-state index in [1.165, 1.54) is 116 Å². The molecule has 2 atom stereocenters. The second kappa shape index (κ2) is 30.4. The number of hydrogen-bond donors (Lipinski definition) is 3. The van der Waals surface area contributed by atoms with Crippen LogP contribution in [-0.4, -0.2) is 34.9 Å². The van der Waals surface area contributed by atoms with Gasteiger partial charge in [0.1, 0.15) is 0 Å². The second-order valence-electron chi connectivity index (χ2n) is 11.2. The van der Waals surface area contributed by atoms with Crippen molar-refractivity contribution in [1.82, 2.24) is 5.32 Å². The first kappa shape index (κ1) is 36.9. The van der Waals surface area contributed by atoms with Gasteiger partial charge in [-0.05, 0) is 32.1 Å². The third-order valence-electron chi connectivity index (χ3n) is 7.44. The monoisotopic (exact) mass is 535 g/mol. The van der Waals surface area contributed by atoms with E-state index in [1.54, 1.807) is 6.08 Å². The van der Waals surface area contributed by atoms with Gasteiger partial charge in [0.15, 0.2) is 0 Å². The number of hydrogen-bond acceptors (Lipinski definition) is 3. The average Bonchev–Trinajstić information content (AvgIpc) is 2.92. The lowest BCUT2D eigenvalue weighted by Gasteiger charge is -2.19. The normalized spacial score (nSPS) is 13.5. The maximum absolute atomic E-state index is 12.2. The average molecular weight is 536 g/mol. The molecule has 2 unspecified atom stereocenters. The van der Waals surface area contributed by atoms with Crippen LogP contribution >= 0.6 is 0 Å². The molecule has 0 bridgehead atoms. The molecule has 0 heterocycles. The molecule has 0 saturated carbocycles. The van der Waals surface area contributed by atoms with E-state index in [4.69, 9.17) is 0 Å². The molecule has 1 amide bonds. The molecule has 38 heavy (non-hydrogen) atoms. The summed E-state index contributed by atoms with van der Waals surface area (Å²) in [6.45, 7) is 4.26. The van der Waals surface area contributed by atoms with Crippen molar-refractivity contribution >= 4 is 5.91 Å². The van der Waals surface area contributed by atoms with E-state index in [1.807, 2.05) is 6.08 Å². The summed E-state index contributed by atoms with van der Waals surface area (Å²) in [4.78, 5) is 12.2. The van der Waals surface area contributed by atoms with Crippen molar-refractivity contribution in [2.75, 3.05) is 6.61 Å². The van der Waals surface area contributed by atoms with Crippen LogP contribution in [0.1, 0.15) is 168 Å². The van der Waals surface area contributed by atoms with Gasteiger partial charge in [0.05, 0.1) is 18.8 Å². The number of carbonyl (C=O) groups excluding carboxylic acids is 1. The summed E-state index contributed by atoms with van der Waals surface area (Å²) in [7, 11) is 0. The van der Waals surface area contributed by atoms with E-state index in [-0.39, 0.29) is 12.5 Å². The standard InChI is InChI=1S/C34H65NO3/c1-3-5-7-9-11-13-15-17-18-20-22-24-26-28-30-34(38)35-32(31-36)33(37)29-27-25-23-21-19-16-14-12-10-8-6-4-2/h19,21,27,29,32-33,36-37H,3-18,20,22-26,28,30-31H2,1-2H3,(H,35,38)/b21-19+,29-27+. The Kier molecular flexibility index (Phi) is 29.5. The number of nitrogens with one attached hydrogen (secondary N) is 1. The summed E-state index contributed by atoms with van der Waals surface area (Å²) in [5, 5.41) is 22.7. The van der Waals surface area contributed by atoms with E-state index in [2.05, 4.69) is 31.3 Å². The van der Waals surface area contributed by atoms with Crippen molar-refractivity contribution in [2.45, 2.75) is 180 Å². The van der Waals surface area contributed by atoms with Gasteiger partial charge in [0.2, 0.25) is 5.91 Å². The van der Waals surface area contributed by atoms with E-state index in [9.17, 15) is 15.0 Å². The molecule has 0 fully saturated rings. The Bertz CT molecular complexity index is 546. The number of unbranched alkanes of at least 4 members (excludes halogenated alkanes) is 20. The maximum Gasteiger partial charge on any atom is 0.220 e. The van der Waals surface area contributed by atoms with Gasteiger partial charge in [-0.2, -0.15) is 0 Å². The lowest BCUT2D eigenvalue weighted by molar-refractivity contribution is -0.123. The van der Waals surface area contributed by atoms with Crippen LogP contribution in [0.2, 0.25) is 0 Å². The second-order valence-corrected chi connectivity index (χ2v) is 11.2. The first-order chi connectivity index (χ1) is 18.7. The Morgan fingerprint density at radius 3 is 1.53 bits per heavy atom. The summed E-state index contributed by atoms with van der Waals surface area (Å²) in [5.41, 5.74) is 0. The number of aliphatic hydroxyl groups excluding tert-OH is 2. The van der Waals surface area contributed by atoms with Gasteiger partial charge in [-0.15, -0.1) is 0 Å². The van der Waals surface area contributed by atoms with Crippen molar-refractivity contribution in [3.63, 3.8) is 0 Å². The molecule has 4 heteroatoms. The lowest BCUT2D eigenvalue weighted by Crippen LogP contribution is -2.45. The molecule has 0 aliphatic rings. The minimum absolute atomic E-state index is 0.0759. The molecule has 0 aliphatic carbocycles. The van der Waals surface area contributed by atoms with Crippen LogP contribution < -0.4 is 5.32 Å². The molecule has 224 valence electrons. The number of allylic oxidation sites excluding steroid dienone is 3. The van der Waals surface area contributed by atoms with Gasteiger partial charge in [-0.1, -0.05) is 154 Å². The van der Waals surface area contributed by atoms with E-state index >= 15 is 0 Å². The topological polar surface area (TPSA) is 69.6 Å². The fraction of sp³-hybridized carbons (Fsp3) is 0.853. The quantitative estimate of drug-likeness (QED) is 0.0660. The zero-order valence-electron chi connectivity index (χ0n) is 25.4. The summed E-state index contributed by atoms with van der Waals surface area (Å²) in [6, 6.07) is -0.631. The summed E-state index contributed by atoms with van der Waals surface area (Å²) < 4.78 is 0. The Morgan fingerprint density at radius 1 is 0.605 bits per heavy atom. The Hall–Kier alpha value is -1.13.